The summed E-state index contributed by atoms with van der Waals surface area (Å²) in [6.45, 7) is 5.10. The largest absolute Gasteiger partial charge is 0.461 e. The van der Waals surface area contributed by atoms with E-state index in [2.05, 4.69) is 10.6 Å². The van der Waals surface area contributed by atoms with Gasteiger partial charge in [-0.2, -0.15) is 0 Å². The van der Waals surface area contributed by atoms with Crippen molar-refractivity contribution in [1.82, 2.24) is 20.2 Å². The number of benzene rings is 1. The fourth-order valence-electron chi connectivity index (χ4n) is 4.69. The zero-order chi connectivity index (χ0) is 27.3. The molecule has 3 aromatic rings. The summed E-state index contributed by atoms with van der Waals surface area (Å²) < 4.78 is 6.70. The molecule has 10 heteroatoms. The van der Waals surface area contributed by atoms with E-state index in [0.717, 1.165) is 35.9 Å². The topological polar surface area (TPSA) is 149 Å². The molecule has 1 amide bonds. The molecule has 0 unspecified atom stereocenters. The van der Waals surface area contributed by atoms with E-state index in [-0.39, 0.29) is 17.7 Å². The Bertz CT molecular complexity index is 1400. The van der Waals surface area contributed by atoms with E-state index in [1.165, 1.54) is 13.8 Å². The van der Waals surface area contributed by atoms with Crippen LogP contribution < -0.4 is 21.9 Å². The van der Waals surface area contributed by atoms with E-state index in [9.17, 15) is 19.5 Å². The molecular weight excluding hydrogens is 486 g/mol. The predicted octanol–water partition coefficient (Wildman–Crippen LogP) is 1.53. The van der Waals surface area contributed by atoms with E-state index >= 15 is 0 Å². The monoisotopic (exact) mass is 521 g/mol. The van der Waals surface area contributed by atoms with Crippen LogP contribution in [0.5, 0.6) is 0 Å². The van der Waals surface area contributed by atoms with Crippen LogP contribution in [-0.4, -0.2) is 52.7 Å². The quantitative estimate of drug-likeness (QED) is 0.162. The number of pyridine rings is 2. The van der Waals surface area contributed by atoms with Gasteiger partial charge >= 0.3 is 5.97 Å². The minimum absolute atomic E-state index is 0.0584. The van der Waals surface area contributed by atoms with Crippen LogP contribution in [0, 0.1) is 0 Å². The van der Waals surface area contributed by atoms with Gasteiger partial charge in [-0.15, -0.1) is 0 Å². The first-order valence-corrected chi connectivity index (χ1v) is 12.9. The third-order valence-electron chi connectivity index (χ3n) is 6.78. The summed E-state index contributed by atoms with van der Waals surface area (Å²) in [5.41, 5.74) is 5.93. The molecule has 1 atom stereocenters. The van der Waals surface area contributed by atoms with E-state index in [0.29, 0.717) is 44.0 Å². The number of carbonyl (C=O) groups is 2. The Morgan fingerprint density at radius 2 is 1.92 bits per heavy atom. The summed E-state index contributed by atoms with van der Waals surface area (Å²) >= 11 is 0. The number of nitrogens with one attached hydrogen (secondary N) is 2. The highest BCUT2D eigenvalue weighted by atomic mass is 16.5. The van der Waals surface area contributed by atoms with Gasteiger partial charge in [0.2, 0.25) is 0 Å². The fourth-order valence-corrected chi connectivity index (χ4v) is 4.69. The number of unbranched alkanes of at least 4 members (excludes halogenated alkanes) is 1. The Balaban J connectivity index is 1.62. The Morgan fingerprint density at radius 1 is 1.16 bits per heavy atom. The van der Waals surface area contributed by atoms with Crippen LogP contribution in [-0.2, 0) is 33.1 Å². The van der Waals surface area contributed by atoms with E-state index < -0.39 is 23.0 Å². The van der Waals surface area contributed by atoms with Crippen molar-refractivity contribution in [3.8, 4) is 11.4 Å². The van der Waals surface area contributed by atoms with Gasteiger partial charge in [0.1, 0.15) is 6.61 Å². The van der Waals surface area contributed by atoms with Gasteiger partial charge < -0.3 is 30.8 Å². The Kier molecular flexibility index (Phi) is 8.55. The van der Waals surface area contributed by atoms with E-state index in [1.807, 2.05) is 30.3 Å². The molecule has 0 bridgehead atoms. The maximum Gasteiger partial charge on any atom is 0.302 e. The molecule has 0 saturated heterocycles. The van der Waals surface area contributed by atoms with Crippen molar-refractivity contribution >= 4 is 22.8 Å². The molecule has 38 heavy (non-hydrogen) atoms. The predicted molar refractivity (Wildman–Crippen MR) is 144 cm³/mol. The molecule has 4 rings (SSSR count). The molecule has 0 spiro atoms. The van der Waals surface area contributed by atoms with Crippen molar-refractivity contribution in [3.63, 3.8) is 0 Å². The second-order valence-corrected chi connectivity index (χ2v) is 9.71. The first kappa shape index (κ1) is 27.4. The second kappa shape index (κ2) is 11.8. The average molecular weight is 522 g/mol. The molecule has 3 heterocycles. The zero-order valence-corrected chi connectivity index (χ0v) is 21.9. The first-order valence-electron chi connectivity index (χ1n) is 12.9. The Hall–Kier alpha value is -3.60. The maximum atomic E-state index is 13.6. The minimum atomic E-state index is -2.04. The molecule has 0 aliphatic carbocycles. The van der Waals surface area contributed by atoms with Gasteiger partial charge in [-0.3, -0.25) is 14.4 Å². The van der Waals surface area contributed by atoms with Gasteiger partial charge in [-0.05, 0) is 64.0 Å². The SMILES string of the molecule is CC(=O)OCc1c([C@](C)(O)C(=O)NCCCNCCCCN)cc2n(c1=O)Cc1cc3ccccc3nc1-2. The molecule has 0 radical (unpaired) electrons. The number of rotatable bonds is 12. The Labute approximate surface area is 221 Å². The third kappa shape index (κ3) is 5.77. The maximum absolute atomic E-state index is 13.6. The van der Waals surface area contributed by atoms with Crippen molar-refractivity contribution in [1.29, 1.82) is 0 Å². The highest BCUT2D eigenvalue weighted by Crippen LogP contribution is 2.35. The van der Waals surface area contributed by atoms with Crippen LogP contribution in [0.4, 0.5) is 0 Å². The lowest BCUT2D eigenvalue weighted by Gasteiger charge is -2.26. The standard InChI is InChI=1S/C28H35N5O5/c1-18(34)38-17-21-22(28(2,37)27(36)31-13-7-12-30-11-6-5-10-29)15-24-25-20(16-33(24)26(21)35)14-19-8-3-4-9-23(19)32-25/h3-4,8-9,14-15,30,37H,5-7,10-13,16-17,29H2,1-2H3,(H,31,36)/t28-/m0/s1. The molecule has 1 aromatic carbocycles. The van der Waals surface area contributed by atoms with E-state index in [1.54, 1.807) is 10.6 Å². The number of esters is 1. The number of para-hydroxylation sites is 1. The summed E-state index contributed by atoms with van der Waals surface area (Å²) in [5, 5.41) is 18.4. The minimum Gasteiger partial charge on any atom is -0.461 e. The van der Waals surface area contributed by atoms with E-state index in [4.69, 9.17) is 15.5 Å². The number of amides is 1. The molecular formula is C28H35N5O5. The Morgan fingerprint density at radius 3 is 2.68 bits per heavy atom. The number of fused-ring (bicyclic) bond motifs is 4. The molecule has 5 N–H and O–H groups in total. The van der Waals surface area contributed by atoms with Crippen LogP contribution in [0.3, 0.4) is 0 Å². The van der Waals surface area contributed by atoms with Crippen molar-refractivity contribution in [2.45, 2.75) is 51.9 Å². The molecule has 10 nitrogen and oxygen atoms in total. The lowest BCUT2D eigenvalue weighted by atomic mass is 9.90. The summed E-state index contributed by atoms with van der Waals surface area (Å²) in [4.78, 5) is 43.1. The van der Waals surface area contributed by atoms with Crippen LogP contribution in [0.2, 0.25) is 0 Å². The van der Waals surface area contributed by atoms with Crippen molar-refractivity contribution in [2.24, 2.45) is 5.73 Å². The molecule has 1 aliphatic rings. The normalized spacial score (nSPS) is 13.6. The molecule has 202 valence electrons. The number of carbonyl (C=O) groups excluding carboxylic acids is 2. The van der Waals surface area contributed by atoms with Gasteiger partial charge in [0.05, 0.1) is 29.0 Å². The van der Waals surface area contributed by atoms with Crippen LogP contribution in [0.15, 0.2) is 41.2 Å². The molecule has 1 aliphatic heterocycles. The lowest BCUT2D eigenvalue weighted by molar-refractivity contribution is -0.142. The third-order valence-corrected chi connectivity index (χ3v) is 6.78. The number of aromatic nitrogens is 2. The van der Waals surface area contributed by atoms with Crippen LogP contribution in [0.1, 0.15) is 49.8 Å². The van der Waals surface area contributed by atoms with Crippen molar-refractivity contribution < 1.29 is 19.4 Å². The van der Waals surface area contributed by atoms with Crippen molar-refractivity contribution in [2.75, 3.05) is 26.2 Å². The van der Waals surface area contributed by atoms with Crippen LogP contribution >= 0.6 is 0 Å². The second-order valence-electron chi connectivity index (χ2n) is 9.71. The number of aliphatic hydroxyl groups is 1. The highest BCUT2D eigenvalue weighted by Gasteiger charge is 2.38. The number of nitrogens with zero attached hydrogens (tertiary/aromatic N) is 2. The van der Waals surface area contributed by atoms with Gasteiger partial charge in [-0.25, -0.2) is 4.98 Å². The zero-order valence-electron chi connectivity index (χ0n) is 21.9. The average Bonchev–Trinajstić information content (AvgIpc) is 3.25. The summed E-state index contributed by atoms with van der Waals surface area (Å²) in [6.07, 6.45) is 2.62. The molecule has 0 fully saturated rings. The molecule has 0 saturated carbocycles. The summed E-state index contributed by atoms with van der Waals surface area (Å²) in [6, 6.07) is 11.3. The summed E-state index contributed by atoms with van der Waals surface area (Å²) in [5.74, 6) is -1.21. The smallest absolute Gasteiger partial charge is 0.302 e. The van der Waals surface area contributed by atoms with Gasteiger partial charge in [-0.1, -0.05) is 18.2 Å². The van der Waals surface area contributed by atoms with Crippen molar-refractivity contribution in [3.05, 3.63) is 63.4 Å². The molecule has 2 aromatic heterocycles. The number of hydrogen-bond acceptors (Lipinski definition) is 8. The van der Waals surface area contributed by atoms with Gasteiger partial charge in [0, 0.05) is 30.0 Å². The number of hydrogen-bond donors (Lipinski definition) is 4. The highest BCUT2D eigenvalue weighted by molar-refractivity contribution is 5.87. The van der Waals surface area contributed by atoms with Gasteiger partial charge in [0.25, 0.3) is 11.5 Å². The number of nitrogens with two attached hydrogens (primary N) is 1. The van der Waals surface area contributed by atoms with Gasteiger partial charge in [0.15, 0.2) is 5.60 Å². The lowest BCUT2D eigenvalue weighted by Crippen LogP contribution is -2.45. The number of ether oxygens (including phenoxy) is 1. The van der Waals surface area contributed by atoms with Crippen LogP contribution in [0.25, 0.3) is 22.3 Å². The summed E-state index contributed by atoms with van der Waals surface area (Å²) in [7, 11) is 0. The fraction of sp³-hybridized carbons (Fsp3) is 0.429. The first-order chi connectivity index (χ1) is 18.2.